The zero-order chi connectivity index (χ0) is 11.3. The van der Waals surface area contributed by atoms with E-state index < -0.39 is 0 Å². The van der Waals surface area contributed by atoms with Crippen LogP contribution in [0.2, 0.25) is 0 Å². The molecule has 15 heavy (non-hydrogen) atoms. The number of benzene rings is 1. The number of ether oxygens (including phenoxy) is 1. The van der Waals surface area contributed by atoms with Crippen LogP contribution in [0.1, 0.15) is 10.4 Å². The second-order valence-corrected chi connectivity index (χ2v) is 3.90. The molecule has 1 aromatic carbocycles. The second-order valence-electron chi connectivity index (χ2n) is 3.02. The van der Waals surface area contributed by atoms with Gasteiger partial charge >= 0.3 is 0 Å². The summed E-state index contributed by atoms with van der Waals surface area (Å²) in [5, 5.41) is 2.84. The van der Waals surface area contributed by atoms with E-state index in [0.29, 0.717) is 17.9 Å². The molecule has 0 aromatic heterocycles. The van der Waals surface area contributed by atoms with E-state index in [1.54, 1.807) is 25.9 Å². The third-order valence-electron chi connectivity index (χ3n) is 2.05. The highest BCUT2D eigenvalue weighted by Crippen LogP contribution is 2.25. The van der Waals surface area contributed by atoms with Crippen LogP contribution in [-0.4, -0.2) is 32.7 Å². The minimum Gasteiger partial charge on any atom is -0.496 e. The topological polar surface area (TPSA) is 38.3 Å². The summed E-state index contributed by atoms with van der Waals surface area (Å²) in [4.78, 5) is 12.8. The first kappa shape index (κ1) is 12.1. The molecular formula is C11H15NO2S. The number of Topliss-reactive ketones (excluding diaryl/α,β-unsaturated/α-hetero) is 1. The number of hydrogen-bond acceptors (Lipinski definition) is 4. The Morgan fingerprint density at radius 3 is 2.80 bits per heavy atom. The molecule has 0 amide bonds. The van der Waals surface area contributed by atoms with Gasteiger partial charge in [0.1, 0.15) is 5.75 Å². The maximum atomic E-state index is 11.7. The summed E-state index contributed by atoms with van der Waals surface area (Å²) in [6.07, 6.45) is 1.99. The molecule has 0 aliphatic carbocycles. The molecule has 0 unspecified atom stereocenters. The quantitative estimate of drug-likeness (QED) is 0.613. The Morgan fingerprint density at radius 2 is 2.27 bits per heavy atom. The van der Waals surface area contributed by atoms with E-state index >= 15 is 0 Å². The van der Waals surface area contributed by atoms with Crippen molar-refractivity contribution in [1.82, 2.24) is 5.32 Å². The lowest BCUT2D eigenvalue weighted by atomic mass is 10.1. The van der Waals surface area contributed by atoms with E-state index in [1.165, 1.54) is 0 Å². The molecule has 0 atom stereocenters. The molecule has 4 heteroatoms. The summed E-state index contributed by atoms with van der Waals surface area (Å²) >= 11 is 1.63. The third kappa shape index (κ3) is 2.97. The predicted molar refractivity (Wildman–Crippen MR) is 63.0 cm³/mol. The molecule has 3 nitrogen and oxygen atoms in total. The fraction of sp³-hybridized carbons (Fsp3) is 0.364. The van der Waals surface area contributed by atoms with Crippen LogP contribution in [0.5, 0.6) is 5.75 Å². The van der Waals surface area contributed by atoms with E-state index in [-0.39, 0.29) is 5.78 Å². The first-order valence-corrected chi connectivity index (χ1v) is 5.85. The van der Waals surface area contributed by atoms with Crippen LogP contribution in [-0.2, 0) is 0 Å². The lowest BCUT2D eigenvalue weighted by molar-refractivity contribution is 0.0990. The zero-order valence-electron chi connectivity index (χ0n) is 9.16. The van der Waals surface area contributed by atoms with Crippen molar-refractivity contribution >= 4 is 17.5 Å². The first-order chi connectivity index (χ1) is 7.22. The summed E-state index contributed by atoms with van der Waals surface area (Å²) in [5.41, 5.74) is 0.629. The van der Waals surface area contributed by atoms with Crippen molar-refractivity contribution in [2.75, 3.05) is 27.0 Å². The van der Waals surface area contributed by atoms with E-state index in [9.17, 15) is 4.79 Å². The molecule has 82 valence electrons. The highest BCUT2D eigenvalue weighted by Gasteiger charge is 2.11. The van der Waals surface area contributed by atoms with Crippen LogP contribution >= 0.6 is 11.8 Å². The van der Waals surface area contributed by atoms with Gasteiger partial charge in [-0.3, -0.25) is 4.79 Å². The summed E-state index contributed by atoms with van der Waals surface area (Å²) < 4.78 is 5.19. The normalized spacial score (nSPS) is 10.1. The number of hydrogen-bond donors (Lipinski definition) is 1. The van der Waals surface area contributed by atoms with Gasteiger partial charge in [-0.2, -0.15) is 0 Å². The van der Waals surface area contributed by atoms with E-state index in [1.807, 2.05) is 24.5 Å². The maximum absolute atomic E-state index is 11.7. The van der Waals surface area contributed by atoms with Gasteiger partial charge in [-0.05, 0) is 31.5 Å². The van der Waals surface area contributed by atoms with Crippen molar-refractivity contribution in [3.05, 3.63) is 23.8 Å². The van der Waals surface area contributed by atoms with E-state index in [2.05, 4.69) is 5.32 Å². The Balaban J connectivity index is 3.02. The highest BCUT2D eigenvalue weighted by atomic mass is 32.2. The number of carbonyl (C=O) groups is 1. The van der Waals surface area contributed by atoms with Crippen molar-refractivity contribution in [3.8, 4) is 5.75 Å². The van der Waals surface area contributed by atoms with Crippen LogP contribution < -0.4 is 10.1 Å². The number of nitrogens with one attached hydrogen (secondary N) is 1. The minimum absolute atomic E-state index is 0.0435. The molecular weight excluding hydrogens is 210 g/mol. The maximum Gasteiger partial charge on any atom is 0.180 e. The third-order valence-corrected chi connectivity index (χ3v) is 2.77. The van der Waals surface area contributed by atoms with Gasteiger partial charge in [0.2, 0.25) is 0 Å². The van der Waals surface area contributed by atoms with Crippen molar-refractivity contribution in [2.24, 2.45) is 0 Å². The number of thioether (sulfide) groups is 1. The highest BCUT2D eigenvalue weighted by molar-refractivity contribution is 7.98. The Bertz CT molecular complexity index is 352. The van der Waals surface area contributed by atoms with Gasteiger partial charge in [-0.15, -0.1) is 11.8 Å². The fourth-order valence-electron chi connectivity index (χ4n) is 1.28. The Morgan fingerprint density at radius 1 is 1.53 bits per heavy atom. The number of ketones is 1. The van der Waals surface area contributed by atoms with Gasteiger partial charge < -0.3 is 10.1 Å². The van der Waals surface area contributed by atoms with Crippen LogP contribution in [0, 0.1) is 0 Å². The molecule has 1 rings (SSSR count). The fourth-order valence-corrected chi connectivity index (χ4v) is 1.71. The predicted octanol–water partition coefficient (Wildman–Crippen LogP) is 1.82. The average molecular weight is 225 g/mol. The molecule has 0 fully saturated rings. The Hall–Kier alpha value is -1.00. The van der Waals surface area contributed by atoms with Crippen molar-refractivity contribution < 1.29 is 9.53 Å². The molecule has 0 radical (unpaired) electrons. The van der Waals surface area contributed by atoms with Crippen molar-refractivity contribution in [1.29, 1.82) is 0 Å². The summed E-state index contributed by atoms with van der Waals surface area (Å²) in [5.74, 6) is 0.684. The number of methoxy groups -OCH3 is 1. The minimum atomic E-state index is 0.0435. The van der Waals surface area contributed by atoms with Gasteiger partial charge in [0.15, 0.2) is 5.78 Å². The molecule has 0 saturated carbocycles. The zero-order valence-corrected chi connectivity index (χ0v) is 9.98. The van der Waals surface area contributed by atoms with Crippen LogP contribution in [0.25, 0.3) is 0 Å². The van der Waals surface area contributed by atoms with Crippen LogP contribution in [0.3, 0.4) is 0 Å². The monoisotopic (exact) mass is 225 g/mol. The Labute approximate surface area is 94.2 Å². The molecule has 1 N–H and O–H groups in total. The van der Waals surface area contributed by atoms with Gasteiger partial charge in [-0.25, -0.2) is 0 Å². The number of likely N-dealkylation sites (N-methyl/N-ethyl adjacent to an activating group) is 1. The smallest absolute Gasteiger partial charge is 0.180 e. The Kier molecular flexibility index (Phi) is 4.65. The van der Waals surface area contributed by atoms with Gasteiger partial charge in [0.25, 0.3) is 0 Å². The van der Waals surface area contributed by atoms with E-state index in [0.717, 1.165) is 4.90 Å². The SMILES string of the molecule is CNCC(=O)c1ccc(SC)cc1OC. The molecule has 0 saturated heterocycles. The molecule has 1 aromatic rings. The summed E-state index contributed by atoms with van der Waals surface area (Å²) in [6.45, 7) is 0.328. The lowest BCUT2D eigenvalue weighted by Crippen LogP contribution is -2.19. The molecule has 0 bridgehead atoms. The van der Waals surface area contributed by atoms with Gasteiger partial charge in [0.05, 0.1) is 19.2 Å². The molecule has 0 spiro atoms. The van der Waals surface area contributed by atoms with Crippen molar-refractivity contribution in [2.45, 2.75) is 4.90 Å². The van der Waals surface area contributed by atoms with Crippen molar-refractivity contribution in [3.63, 3.8) is 0 Å². The standard InChI is InChI=1S/C11H15NO2S/c1-12-7-10(13)9-5-4-8(15-3)6-11(9)14-2/h4-6,12H,7H2,1-3H3. The van der Waals surface area contributed by atoms with Gasteiger partial charge in [-0.1, -0.05) is 0 Å². The second kappa shape index (κ2) is 5.78. The average Bonchev–Trinajstić information content (AvgIpc) is 2.28. The summed E-state index contributed by atoms with van der Waals surface area (Å²) in [7, 11) is 3.33. The lowest BCUT2D eigenvalue weighted by Gasteiger charge is -2.08. The van der Waals surface area contributed by atoms with Crippen LogP contribution in [0.4, 0.5) is 0 Å². The summed E-state index contributed by atoms with van der Waals surface area (Å²) in [6, 6.07) is 5.62. The van der Waals surface area contributed by atoms with E-state index in [4.69, 9.17) is 4.74 Å². The van der Waals surface area contributed by atoms with Crippen LogP contribution in [0.15, 0.2) is 23.1 Å². The number of rotatable bonds is 5. The van der Waals surface area contributed by atoms with Gasteiger partial charge in [0, 0.05) is 4.90 Å². The first-order valence-electron chi connectivity index (χ1n) is 4.62. The number of carbonyl (C=O) groups excluding carboxylic acids is 1. The largest absolute Gasteiger partial charge is 0.496 e. The molecule has 0 heterocycles. The molecule has 0 aliphatic heterocycles. The molecule has 0 aliphatic rings.